The molecule has 2 heterocycles. The van der Waals surface area contributed by atoms with Crippen molar-refractivity contribution >= 4 is 41.1 Å². The number of carbonyl (C=O) groups excluding carboxylic acids is 2. The van der Waals surface area contributed by atoms with Gasteiger partial charge in [0.1, 0.15) is 17.2 Å². The van der Waals surface area contributed by atoms with E-state index >= 15 is 0 Å². The zero-order chi connectivity index (χ0) is 23.2. The minimum Gasteiger partial charge on any atom is -0.457 e. The lowest BCUT2D eigenvalue weighted by Gasteiger charge is -2.13. The molecule has 1 saturated heterocycles. The molecule has 6 nitrogen and oxygen atoms in total. The molecule has 4 rings (SSSR count). The van der Waals surface area contributed by atoms with Crippen molar-refractivity contribution in [2.24, 2.45) is 0 Å². The molecule has 33 heavy (non-hydrogen) atoms. The van der Waals surface area contributed by atoms with Crippen LogP contribution in [-0.4, -0.2) is 31.1 Å². The summed E-state index contributed by atoms with van der Waals surface area (Å²) in [6.07, 6.45) is 3.32. The minimum atomic E-state index is -0.433. The molecular formula is C25H22Cl2N2O4. The molecule has 0 aliphatic carbocycles. The maximum absolute atomic E-state index is 12.9. The van der Waals surface area contributed by atoms with Crippen molar-refractivity contribution in [2.75, 3.05) is 13.2 Å². The Kier molecular flexibility index (Phi) is 7.50. The lowest BCUT2D eigenvalue weighted by atomic mass is 10.2. The minimum absolute atomic E-state index is 0.0257. The summed E-state index contributed by atoms with van der Waals surface area (Å²) < 4.78 is 11.4. The maximum atomic E-state index is 12.9. The third kappa shape index (κ3) is 6.05. The van der Waals surface area contributed by atoms with Crippen LogP contribution in [0.25, 0.3) is 17.4 Å². The van der Waals surface area contributed by atoms with E-state index in [1.54, 1.807) is 54.6 Å². The van der Waals surface area contributed by atoms with Crippen LogP contribution in [0.3, 0.4) is 0 Å². The second-order valence-corrected chi connectivity index (χ2v) is 8.39. The molecule has 2 amide bonds. The van der Waals surface area contributed by atoms with Gasteiger partial charge >= 0.3 is 0 Å². The predicted octanol–water partition coefficient (Wildman–Crippen LogP) is 5.32. The van der Waals surface area contributed by atoms with Crippen LogP contribution in [0, 0.1) is 0 Å². The Bertz CT molecular complexity index is 1170. The van der Waals surface area contributed by atoms with E-state index in [0.717, 1.165) is 12.8 Å². The Balaban J connectivity index is 1.57. The molecule has 1 aliphatic rings. The Morgan fingerprint density at radius 3 is 2.61 bits per heavy atom. The number of amides is 2. The molecule has 1 fully saturated rings. The quantitative estimate of drug-likeness (QED) is 0.444. The first-order valence-electron chi connectivity index (χ1n) is 10.5. The molecule has 2 aromatic carbocycles. The normalized spacial score (nSPS) is 15.9. The van der Waals surface area contributed by atoms with Crippen LogP contribution >= 0.6 is 23.2 Å². The summed E-state index contributed by atoms with van der Waals surface area (Å²) in [4.78, 5) is 25.6. The highest BCUT2D eigenvalue weighted by Gasteiger charge is 2.20. The van der Waals surface area contributed by atoms with E-state index in [1.807, 2.05) is 6.07 Å². The number of rotatable bonds is 7. The van der Waals surface area contributed by atoms with Gasteiger partial charge in [-0.05, 0) is 55.3 Å². The van der Waals surface area contributed by atoms with Crippen LogP contribution in [0.1, 0.15) is 29.0 Å². The number of hydrogen-bond donors (Lipinski definition) is 2. The third-order valence-corrected chi connectivity index (χ3v) is 5.70. The summed E-state index contributed by atoms with van der Waals surface area (Å²) in [6.45, 7) is 1.05. The number of carbonyl (C=O) groups is 2. The number of ether oxygens (including phenoxy) is 1. The van der Waals surface area contributed by atoms with Gasteiger partial charge in [-0.1, -0.05) is 41.4 Å². The van der Waals surface area contributed by atoms with Gasteiger partial charge in [-0.25, -0.2) is 0 Å². The zero-order valence-corrected chi connectivity index (χ0v) is 19.2. The second-order valence-electron chi connectivity index (χ2n) is 7.55. The van der Waals surface area contributed by atoms with Crippen LogP contribution in [0.5, 0.6) is 0 Å². The van der Waals surface area contributed by atoms with Crippen molar-refractivity contribution < 1.29 is 18.7 Å². The van der Waals surface area contributed by atoms with Gasteiger partial charge in [-0.2, -0.15) is 0 Å². The third-order valence-electron chi connectivity index (χ3n) is 5.15. The zero-order valence-electron chi connectivity index (χ0n) is 17.6. The molecule has 0 spiro atoms. The van der Waals surface area contributed by atoms with E-state index in [1.165, 1.54) is 6.08 Å². The van der Waals surface area contributed by atoms with Crippen LogP contribution in [0.2, 0.25) is 10.0 Å². The van der Waals surface area contributed by atoms with Crippen LogP contribution < -0.4 is 10.6 Å². The number of hydrogen-bond acceptors (Lipinski definition) is 4. The Morgan fingerprint density at radius 1 is 1.06 bits per heavy atom. The number of halogens is 2. The average Bonchev–Trinajstić information content (AvgIpc) is 3.50. The summed E-state index contributed by atoms with van der Waals surface area (Å²) in [5.41, 5.74) is 1.16. The monoisotopic (exact) mass is 484 g/mol. The first kappa shape index (κ1) is 23.1. The average molecular weight is 485 g/mol. The Hall–Kier alpha value is -3.06. The molecule has 0 unspecified atom stereocenters. The highest BCUT2D eigenvalue weighted by atomic mass is 35.5. The summed E-state index contributed by atoms with van der Waals surface area (Å²) in [5, 5.41) is 6.48. The van der Waals surface area contributed by atoms with E-state index in [4.69, 9.17) is 32.4 Å². The van der Waals surface area contributed by atoms with Crippen molar-refractivity contribution in [3.8, 4) is 11.3 Å². The van der Waals surface area contributed by atoms with Crippen LogP contribution in [0.15, 0.2) is 70.8 Å². The van der Waals surface area contributed by atoms with Gasteiger partial charge in [0, 0.05) is 35.4 Å². The highest BCUT2D eigenvalue weighted by molar-refractivity contribution is 6.36. The molecule has 0 bridgehead atoms. The van der Waals surface area contributed by atoms with Gasteiger partial charge < -0.3 is 19.8 Å². The SMILES string of the molecule is O=C(NC[C@@H]1CCCO1)/C(=C\c1ccc(-c2ccc(Cl)cc2Cl)o1)NC(=O)c1ccccc1. The van der Waals surface area contributed by atoms with Gasteiger partial charge in [-0.15, -0.1) is 0 Å². The number of furan rings is 1. The number of nitrogens with one attached hydrogen (secondary N) is 2. The van der Waals surface area contributed by atoms with Crippen molar-refractivity contribution in [3.63, 3.8) is 0 Å². The van der Waals surface area contributed by atoms with Crippen molar-refractivity contribution in [1.82, 2.24) is 10.6 Å². The largest absolute Gasteiger partial charge is 0.457 e. The summed E-state index contributed by atoms with van der Waals surface area (Å²) in [7, 11) is 0. The Morgan fingerprint density at radius 2 is 1.88 bits per heavy atom. The lowest BCUT2D eigenvalue weighted by Crippen LogP contribution is -2.38. The standard InChI is InChI=1S/C25H22Cl2N2O4/c26-17-8-10-20(21(27)13-17)23-11-9-18(33-23)14-22(25(31)28-15-19-7-4-12-32-19)29-24(30)16-5-2-1-3-6-16/h1-3,5-6,8-11,13-14,19H,4,7,12,15H2,(H,28,31)(H,29,30)/b22-14+/t19-/m0/s1. The van der Waals surface area contributed by atoms with E-state index < -0.39 is 11.8 Å². The molecule has 1 atom stereocenters. The fourth-order valence-corrected chi connectivity index (χ4v) is 3.96. The Labute approximate surface area is 201 Å². The van der Waals surface area contributed by atoms with Gasteiger partial charge in [0.05, 0.1) is 11.1 Å². The molecule has 0 radical (unpaired) electrons. The number of benzene rings is 2. The van der Waals surface area contributed by atoms with E-state index in [9.17, 15) is 9.59 Å². The van der Waals surface area contributed by atoms with Crippen molar-refractivity contribution in [2.45, 2.75) is 18.9 Å². The van der Waals surface area contributed by atoms with E-state index in [0.29, 0.717) is 45.8 Å². The molecule has 170 valence electrons. The highest BCUT2D eigenvalue weighted by Crippen LogP contribution is 2.32. The fraction of sp³-hybridized carbons (Fsp3) is 0.200. The first-order chi connectivity index (χ1) is 16.0. The summed E-state index contributed by atoms with van der Waals surface area (Å²) in [5.74, 6) is 0.0574. The molecule has 3 aromatic rings. The van der Waals surface area contributed by atoms with Crippen LogP contribution in [0.4, 0.5) is 0 Å². The molecule has 0 saturated carbocycles. The first-order valence-corrected chi connectivity index (χ1v) is 11.3. The molecule has 1 aliphatic heterocycles. The molecule has 2 N–H and O–H groups in total. The van der Waals surface area contributed by atoms with E-state index in [2.05, 4.69) is 10.6 Å². The summed E-state index contributed by atoms with van der Waals surface area (Å²) in [6, 6.07) is 17.2. The van der Waals surface area contributed by atoms with Crippen molar-refractivity contribution in [3.05, 3.63) is 87.7 Å². The van der Waals surface area contributed by atoms with E-state index in [-0.39, 0.29) is 11.8 Å². The molecule has 1 aromatic heterocycles. The molecule has 8 heteroatoms. The maximum Gasteiger partial charge on any atom is 0.268 e. The predicted molar refractivity (Wildman–Crippen MR) is 128 cm³/mol. The molecular weight excluding hydrogens is 463 g/mol. The lowest BCUT2D eigenvalue weighted by molar-refractivity contribution is -0.118. The topological polar surface area (TPSA) is 80.6 Å². The van der Waals surface area contributed by atoms with Crippen molar-refractivity contribution in [1.29, 1.82) is 0 Å². The van der Waals surface area contributed by atoms with Gasteiger partial charge in [0.2, 0.25) is 0 Å². The summed E-state index contributed by atoms with van der Waals surface area (Å²) >= 11 is 12.2. The smallest absolute Gasteiger partial charge is 0.268 e. The second kappa shape index (κ2) is 10.7. The van der Waals surface area contributed by atoms with Crippen LogP contribution in [-0.2, 0) is 9.53 Å². The van der Waals surface area contributed by atoms with Gasteiger partial charge in [0.25, 0.3) is 11.8 Å². The van der Waals surface area contributed by atoms with Gasteiger partial charge in [-0.3, -0.25) is 9.59 Å². The van der Waals surface area contributed by atoms with Gasteiger partial charge in [0.15, 0.2) is 0 Å². The fourth-order valence-electron chi connectivity index (χ4n) is 3.46.